The highest BCUT2D eigenvalue weighted by Crippen LogP contribution is 2.29. The largest absolute Gasteiger partial charge is 0.330 e. The molecular formula is C8H14ClN3O2S. The Hall–Kier alpha value is -0.690. The quantitative estimate of drug-likeness (QED) is 0.616. The number of nitrogens with two attached hydrogens (primary N) is 2. The van der Waals surface area contributed by atoms with Gasteiger partial charge in [0.15, 0.2) is 0 Å². The van der Waals surface area contributed by atoms with Gasteiger partial charge in [-0.05, 0) is 25.5 Å². The molecule has 7 heteroatoms. The van der Waals surface area contributed by atoms with Crippen molar-refractivity contribution in [2.75, 3.05) is 6.54 Å². The van der Waals surface area contributed by atoms with Gasteiger partial charge in [0.1, 0.15) is 0 Å². The topological polar surface area (TPSA) is 95.2 Å². The van der Waals surface area contributed by atoms with Gasteiger partial charge in [-0.1, -0.05) is 11.3 Å². The van der Waals surface area contributed by atoms with Crippen LogP contribution in [0.2, 0.25) is 0 Å². The van der Waals surface area contributed by atoms with Gasteiger partial charge in [0.2, 0.25) is 0 Å². The highest BCUT2D eigenvalue weighted by molar-refractivity contribution is 7.15. The Bertz CT molecular complexity index is 319. The molecule has 86 valence electrons. The second kappa shape index (κ2) is 6.73. The number of hydrogen-bond donors (Lipinski definition) is 2. The second-order valence-corrected chi connectivity index (χ2v) is 4.06. The van der Waals surface area contributed by atoms with Crippen molar-refractivity contribution < 1.29 is 4.92 Å². The van der Waals surface area contributed by atoms with Crippen molar-refractivity contribution in [1.29, 1.82) is 0 Å². The van der Waals surface area contributed by atoms with Crippen molar-refractivity contribution in [1.82, 2.24) is 0 Å². The first-order valence-corrected chi connectivity index (χ1v) is 5.16. The van der Waals surface area contributed by atoms with Crippen molar-refractivity contribution in [3.05, 3.63) is 27.1 Å². The van der Waals surface area contributed by atoms with E-state index in [0.29, 0.717) is 6.54 Å². The van der Waals surface area contributed by atoms with Crippen LogP contribution in [-0.2, 0) is 0 Å². The zero-order valence-electron chi connectivity index (χ0n) is 8.09. The van der Waals surface area contributed by atoms with Crippen LogP contribution in [0, 0.1) is 10.1 Å². The maximum Gasteiger partial charge on any atom is 0.324 e. The van der Waals surface area contributed by atoms with Crippen molar-refractivity contribution in [2.24, 2.45) is 11.5 Å². The van der Waals surface area contributed by atoms with Crippen LogP contribution in [0.25, 0.3) is 0 Å². The fraction of sp³-hybridized carbons (Fsp3) is 0.500. The van der Waals surface area contributed by atoms with E-state index in [1.54, 1.807) is 6.07 Å². The van der Waals surface area contributed by atoms with Crippen molar-refractivity contribution in [3.63, 3.8) is 0 Å². The standard InChI is InChI=1S/C8H13N3O2S.ClH/c9-5-1-2-6(10)7-3-4-8(14-7)11(12)13;/h3-4,6H,1-2,5,9-10H2;1H/t6-;/m1./s1. The summed E-state index contributed by atoms with van der Waals surface area (Å²) in [5, 5.41) is 10.5. The summed E-state index contributed by atoms with van der Waals surface area (Å²) < 4.78 is 0. The minimum atomic E-state index is -0.399. The molecule has 0 spiro atoms. The van der Waals surface area contributed by atoms with E-state index in [-0.39, 0.29) is 23.4 Å². The van der Waals surface area contributed by atoms with E-state index in [1.165, 1.54) is 6.07 Å². The van der Waals surface area contributed by atoms with Crippen molar-refractivity contribution in [2.45, 2.75) is 18.9 Å². The van der Waals surface area contributed by atoms with Gasteiger partial charge in [-0.15, -0.1) is 12.4 Å². The number of rotatable bonds is 5. The van der Waals surface area contributed by atoms with E-state index in [0.717, 1.165) is 29.1 Å². The average Bonchev–Trinajstić information content (AvgIpc) is 2.62. The van der Waals surface area contributed by atoms with Crippen LogP contribution < -0.4 is 11.5 Å². The molecule has 0 aliphatic heterocycles. The van der Waals surface area contributed by atoms with Crippen LogP contribution in [0.15, 0.2) is 12.1 Å². The zero-order valence-corrected chi connectivity index (χ0v) is 9.72. The summed E-state index contributed by atoms with van der Waals surface area (Å²) in [6.07, 6.45) is 1.61. The number of nitrogens with zero attached hydrogens (tertiary/aromatic N) is 1. The summed E-state index contributed by atoms with van der Waals surface area (Å²) >= 11 is 1.13. The van der Waals surface area contributed by atoms with Gasteiger partial charge in [0.05, 0.1) is 4.92 Å². The number of hydrogen-bond acceptors (Lipinski definition) is 5. The summed E-state index contributed by atoms with van der Waals surface area (Å²) in [7, 11) is 0. The van der Waals surface area contributed by atoms with Crippen LogP contribution in [-0.4, -0.2) is 11.5 Å². The van der Waals surface area contributed by atoms with Crippen LogP contribution in [0.1, 0.15) is 23.8 Å². The first-order chi connectivity index (χ1) is 6.65. The lowest BCUT2D eigenvalue weighted by Crippen LogP contribution is -2.10. The second-order valence-electron chi connectivity index (χ2n) is 2.97. The maximum atomic E-state index is 10.4. The van der Waals surface area contributed by atoms with Gasteiger partial charge >= 0.3 is 5.00 Å². The minimum absolute atomic E-state index is 0. The lowest BCUT2D eigenvalue weighted by Gasteiger charge is -2.06. The molecule has 4 N–H and O–H groups in total. The van der Waals surface area contributed by atoms with E-state index >= 15 is 0 Å². The van der Waals surface area contributed by atoms with Crippen LogP contribution in [0.3, 0.4) is 0 Å². The Balaban J connectivity index is 0.00000196. The van der Waals surface area contributed by atoms with E-state index in [1.807, 2.05) is 0 Å². The summed E-state index contributed by atoms with van der Waals surface area (Å²) in [5.74, 6) is 0. The zero-order chi connectivity index (χ0) is 10.6. The summed E-state index contributed by atoms with van der Waals surface area (Å²) in [5.41, 5.74) is 11.2. The Morgan fingerprint density at radius 1 is 1.53 bits per heavy atom. The molecule has 0 saturated heterocycles. The summed E-state index contributed by atoms with van der Waals surface area (Å²) in [6, 6.07) is 3.07. The lowest BCUT2D eigenvalue weighted by molar-refractivity contribution is -0.380. The molecule has 0 aromatic carbocycles. The Labute approximate surface area is 98.0 Å². The van der Waals surface area contributed by atoms with Gasteiger partial charge in [0.25, 0.3) is 0 Å². The molecule has 0 aliphatic rings. The van der Waals surface area contributed by atoms with Gasteiger partial charge in [-0.3, -0.25) is 10.1 Å². The molecule has 1 aromatic rings. The fourth-order valence-corrected chi connectivity index (χ4v) is 1.98. The molecule has 1 aromatic heterocycles. The molecule has 0 bridgehead atoms. The lowest BCUT2D eigenvalue weighted by atomic mass is 10.1. The van der Waals surface area contributed by atoms with Crippen molar-refractivity contribution in [3.8, 4) is 0 Å². The highest BCUT2D eigenvalue weighted by Gasteiger charge is 2.14. The molecule has 0 saturated carbocycles. The Kier molecular flexibility index (Phi) is 6.42. The molecule has 5 nitrogen and oxygen atoms in total. The highest BCUT2D eigenvalue weighted by atomic mass is 35.5. The van der Waals surface area contributed by atoms with Crippen LogP contribution in [0.4, 0.5) is 5.00 Å². The van der Waals surface area contributed by atoms with Gasteiger partial charge < -0.3 is 11.5 Å². The molecule has 0 aliphatic carbocycles. The number of nitro groups is 1. The van der Waals surface area contributed by atoms with E-state index < -0.39 is 4.92 Å². The molecular weight excluding hydrogens is 238 g/mol. The monoisotopic (exact) mass is 251 g/mol. The first kappa shape index (κ1) is 14.3. The maximum absolute atomic E-state index is 10.4. The summed E-state index contributed by atoms with van der Waals surface area (Å²) in [4.78, 5) is 10.9. The van der Waals surface area contributed by atoms with Crippen molar-refractivity contribution >= 4 is 28.7 Å². The molecule has 1 atom stereocenters. The fourth-order valence-electron chi connectivity index (χ4n) is 1.12. The van der Waals surface area contributed by atoms with E-state index in [2.05, 4.69) is 0 Å². The average molecular weight is 252 g/mol. The molecule has 0 amide bonds. The third kappa shape index (κ3) is 4.13. The normalized spacial score (nSPS) is 11.9. The van der Waals surface area contributed by atoms with Gasteiger partial charge in [0, 0.05) is 17.0 Å². The van der Waals surface area contributed by atoms with E-state index in [4.69, 9.17) is 11.5 Å². The number of halogens is 1. The van der Waals surface area contributed by atoms with E-state index in [9.17, 15) is 10.1 Å². The molecule has 0 unspecified atom stereocenters. The first-order valence-electron chi connectivity index (χ1n) is 4.35. The summed E-state index contributed by atoms with van der Waals surface area (Å²) in [6.45, 7) is 0.598. The molecule has 1 heterocycles. The molecule has 0 radical (unpaired) electrons. The Morgan fingerprint density at radius 2 is 2.20 bits per heavy atom. The SMILES string of the molecule is Cl.NCCC[C@@H](N)c1ccc([N+](=O)[O-])s1. The van der Waals surface area contributed by atoms with Gasteiger partial charge in [-0.25, -0.2) is 0 Å². The molecule has 0 fully saturated rings. The molecule has 1 rings (SSSR count). The third-order valence-electron chi connectivity index (χ3n) is 1.88. The van der Waals surface area contributed by atoms with Gasteiger partial charge in [-0.2, -0.15) is 0 Å². The number of thiophene rings is 1. The third-order valence-corrected chi connectivity index (χ3v) is 3.05. The Morgan fingerprint density at radius 3 is 2.67 bits per heavy atom. The minimum Gasteiger partial charge on any atom is -0.330 e. The predicted molar refractivity (Wildman–Crippen MR) is 63.4 cm³/mol. The predicted octanol–water partition coefficient (Wildman–Crippen LogP) is 1.82. The van der Waals surface area contributed by atoms with Crippen LogP contribution in [0.5, 0.6) is 0 Å². The smallest absolute Gasteiger partial charge is 0.324 e. The molecule has 15 heavy (non-hydrogen) atoms. The van der Waals surface area contributed by atoms with Crippen LogP contribution >= 0.6 is 23.7 Å².